The van der Waals surface area contributed by atoms with E-state index >= 15 is 0 Å². The summed E-state index contributed by atoms with van der Waals surface area (Å²) in [5, 5.41) is 3.75. The summed E-state index contributed by atoms with van der Waals surface area (Å²) >= 11 is 3.42. The molecule has 2 aromatic carbocycles. The zero-order valence-electron chi connectivity index (χ0n) is 15.2. The number of carbonyl (C=O) groups excluding carboxylic acids is 1. The monoisotopic (exact) mass is 446 g/mol. The number of aromatic nitrogens is 3. The van der Waals surface area contributed by atoms with Crippen LogP contribution in [0.25, 0.3) is 27.8 Å². The maximum Gasteiger partial charge on any atom is 0.287 e. The fourth-order valence-corrected chi connectivity index (χ4v) is 3.58. The van der Waals surface area contributed by atoms with Crippen molar-refractivity contribution in [1.82, 2.24) is 19.9 Å². The van der Waals surface area contributed by atoms with Gasteiger partial charge in [0.2, 0.25) is 0 Å². The molecule has 5 rings (SSSR count). The van der Waals surface area contributed by atoms with E-state index in [4.69, 9.17) is 4.42 Å². The van der Waals surface area contributed by atoms with E-state index in [1.807, 2.05) is 59.2 Å². The van der Waals surface area contributed by atoms with E-state index in [1.54, 1.807) is 18.6 Å². The number of imidazole rings is 1. The van der Waals surface area contributed by atoms with E-state index in [9.17, 15) is 4.79 Å². The van der Waals surface area contributed by atoms with Crippen LogP contribution >= 0.6 is 15.9 Å². The van der Waals surface area contributed by atoms with Crippen molar-refractivity contribution in [2.75, 3.05) is 0 Å². The van der Waals surface area contributed by atoms with Gasteiger partial charge in [-0.2, -0.15) is 0 Å². The Morgan fingerprint density at radius 1 is 1.07 bits per heavy atom. The highest BCUT2D eigenvalue weighted by Gasteiger charge is 2.12. The number of hydrogen-bond acceptors (Lipinski definition) is 4. The van der Waals surface area contributed by atoms with E-state index in [0.29, 0.717) is 12.1 Å². The number of carbonyl (C=O) groups is 1. The third-order valence-corrected chi connectivity index (χ3v) is 5.16. The van der Waals surface area contributed by atoms with Gasteiger partial charge in [0.25, 0.3) is 5.91 Å². The minimum absolute atomic E-state index is 0.262. The Labute approximate surface area is 174 Å². The van der Waals surface area contributed by atoms with Gasteiger partial charge in [-0.1, -0.05) is 34.1 Å². The van der Waals surface area contributed by atoms with Crippen LogP contribution in [0.1, 0.15) is 16.1 Å². The summed E-state index contributed by atoms with van der Waals surface area (Å²) in [6.07, 6.45) is 3.51. The van der Waals surface area contributed by atoms with Gasteiger partial charge in [0, 0.05) is 22.6 Å². The fraction of sp³-hybridized carbons (Fsp3) is 0.0455. The first-order valence-corrected chi connectivity index (χ1v) is 9.81. The van der Waals surface area contributed by atoms with E-state index in [-0.39, 0.29) is 11.7 Å². The summed E-state index contributed by atoms with van der Waals surface area (Å²) in [7, 11) is 0. The number of halogens is 1. The molecular formula is C22H15BrN4O2. The first-order valence-electron chi connectivity index (χ1n) is 9.02. The topological polar surface area (TPSA) is 73.0 Å². The molecule has 1 amide bonds. The zero-order valence-corrected chi connectivity index (χ0v) is 16.8. The van der Waals surface area contributed by atoms with Gasteiger partial charge in [0.15, 0.2) is 5.76 Å². The maximum absolute atomic E-state index is 12.4. The lowest BCUT2D eigenvalue weighted by Crippen LogP contribution is -2.22. The molecule has 7 heteroatoms. The Bertz CT molecular complexity index is 1340. The number of hydrogen-bond donors (Lipinski definition) is 1. The average Bonchev–Trinajstić information content (AvgIpc) is 3.36. The molecule has 0 unspecified atom stereocenters. The van der Waals surface area contributed by atoms with E-state index in [0.717, 1.165) is 32.3 Å². The number of nitrogens with zero attached hydrogens (tertiary/aromatic N) is 3. The van der Waals surface area contributed by atoms with Crippen LogP contribution in [0.4, 0.5) is 0 Å². The van der Waals surface area contributed by atoms with Crippen LogP contribution in [-0.4, -0.2) is 20.4 Å². The molecule has 0 spiro atoms. The molecule has 142 valence electrons. The maximum atomic E-state index is 12.4. The van der Waals surface area contributed by atoms with Crippen molar-refractivity contribution in [3.8, 4) is 5.82 Å². The van der Waals surface area contributed by atoms with E-state index in [2.05, 4.69) is 31.2 Å². The Morgan fingerprint density at radius 2 is 1.97 bits per heavy atom. The smallest absolute Gasteiger partial charge is 0.287 e. The summed E-state index contributed by atoms with van der Waals surface area (Å²) < 4.78 is 8.50. The second-order valence-corrected chi connectivity index (χ2v) is 7.52. The quantitative estimate of drug-likeness (QED) is 0.427. The number of fused-ring (bicyclic) bond motifs is 2. The highest BCUT2D eigenvalue weighted by molar-refractivity contribution is 9.10. The molecule has 0 radical (unpaired) electrons. The van der Waals surface area contributed by atoms with Gasteiger partial charge in [-0.25, -0.2) is 9.97 Å². The van der Waals surface area contributed by atoms with Gasteiger partial charge >= 0.3 is 0 Å². The third-order valence-electron chi connectivity index (χ3n) is 4.66. The first-order chi connectivity index (χ1) is 14.2. The molecular weight excluding hydrogens is 432 g/mol. The van der Waals surface area contributed by atoms with Gasteiger partial charge in [-0.15, -0.1) is 0 Å². The van der Waals surface area contributed by atoms with Crippen LogP contribution in [-0.2, 0) is 6.54 Å². The number of para-hydroxylation sites is 2. The molecule has 0 aliphatic carbocycles. The van der Waals surface area contributed by atoms with Crippen LogP contribution < -0.4 is 5.32 Å². The van der Waals surface area contributed by atoms with E-state index in [1.165, 1.54) is 0 Å². The minimum Gasteiger partial charge on any atom is -0.451 e. The summed E-state index contributed by atoms with van der Waals surface area (Å²) in [4.78, 5) is 21.3. The largest absolute Gasteiger partial charge is 0.451 e. The number of nitrogens with one attached hydrogen (secondary N) is 1. The lowest BCUT2D eigenvalue weighted by molar-refractivity contribution is 0.0925. The normalized spacial score (nSPS) is 11.2. The van der Waals surface area contributed by atoms with Crippen molar-refractivity contribution >= 4 is 43.8 Å². The molecule has 0 atom stereocenters. The lowest BCUT2D eigenvalue weighted by atomic mass is 10.2. The fourth-order valence-electron chi connectivity index (χ4n) is 3.20. The number of pyridine rings is 1. The Morgan fingerprint density at radius 3 is 2.83 bits per heavy atom. The zero-order chi connectivity index (χ0) is 19.8. The predicted octanol–water partition coefficient (Wildman–Crippen LogP) is 4.86. The molecule has 0 aliphatic heterocycles. The molecule has 5 aromatic rings. The third kappa shape index (κ3) is 3.40. The Balaban J connectivity index is 1.30. The van der Waals surface area contributed by atoms with Crippen molar-refractivity contribution < 1.29 is 9.21 Å². The standard InChI is InChI=1S/C22H15BrN4O2/c23-16-6-7-19-15(9-16)10-20(29-19)22(28)25-12-14-5-8-21(24-11-14)27-13-26-17-3-1-2-4-18(17)27/h1-11,13H,12H2,(H,25,28). The second-order valence-electron chi connectivity index (χ2n) is 6.60. The number of furan rings is 1. The summed E-state index contributed by atoms with van der Waals surface area (Å²) in [5.41, 5.74) is 3.49. The van der Waals surface area contributed by atoms with Gasteiger partial charge in [-0.05, 0) is 48.0 Å². The number of rotatable bonds is 4. The van der Waals surface area contributed by atoms with Gasteiger partial charge in [0.1, 0.15) is 17.7 Å². The molecule has 0 fully saturated rings. The van der Waals surface area contributed by atoms with Gasteiger partial charge in [-0.3, -0.25) is 9.36 Å². The highest BCUT2D eigenvalue weighted by atomic mass is 79.9. The Hall–Kier alpha value is -3.45. The van der Waals surface area contributed by atoms with Crippen LogP contribution in [0, 0.1) is 0 Å². The number of benzene rings is 2. The molecule has 0 saturated carbocycles. The lowest BCUT2D eigenvalue weighted by Gasteiger charge is -2.06. The molecule has 6 nitrogen and oxygen atoms in total. The van der Waals surface area contributed by atoms with Gasteiger partial charge < -0.3 is 9.73 Å². The molecule has 0 aliphatic rings. The SMILES string of the molecule is O=C(NCc1ccc(-n2cnc3ccccc32)nc1)c1cc2cc(Br)ccc2o1. The molecule has 3 aromatic heterocycles. The van der Waals surface area contributed by atoms with Crippen molar-refractivity contribution in [2.24, 2.45) is 0 Å². The molecule has 0 bridgehead atoms. The van der Waals surface area contributed by atoms with Gasteiger partial charge in [0.05, 0.1) is 11.0 Å². The van der Waals surface area contributed by atoms with Crippen LogP contribution in [0.3, 0.4) is 0 Å². The Kier molecular flexibility index (Phi) is 4.37. The number of amides is 1. The second kappa shape index (κ2) is 7.18. The van der Waals surface area contributed by atoms with Crippen LogP contribution in [0.5, 0.6) is 0 Å². The van der Waals surface area contributed by atoms with Crippen LogP contribution in [0.15, 0.2) is 82.1 Å². The predicted molar refractivity (Wildman–Crippen MR) is 114 cm³/mol. The van der Waals surface area contributed by atoms with Crippen molar-refractivity contribution in [1.29, 1.82) is 0 Å². The van der Waals surface area contributed by atoms with Crippen molar-refractivity contribution in [3.05, 3.63) is 89.0 Å². The van der Waals surface area contributed by atoms with Crippen molar-refractivity contribution in [3.63, 3.8) is 0 Å². The summed E-state index contributed by atoms with van der Waals surface area (Å²) in [5.74, 6) is 0.797. The average molecular weight is 447 g/mol. The highest BCUT2D eigenvalue weighted by Crippen LogP contribution is 2.23. The summed E-state index contributed by atoms with van der Waals surface area (Å²) in [6.45, 7) is 0.359. The molecule has 3 heterocycles. The molecule has 1 N–H and O–H groups in total. The van der Waals surface area contributed by atoms with Crippen molar-refractivity contribution in [2.45, 2.75) is 6.54 Å². The van der Waals surface area contributed by atoms with Crippen LogP contribution in [0.2, 0.25) is 0 Å². The molecule has 29 heavy (non-hydrogen) atoms. The van der Waals surface area contributed by atoms with E-state index < -0.39 is 0 Å². The molecule has 0 saturated heterocycles. The summed E-state index contributed by atoms with van der Waals surface area (Å²) in [6, 6.07) is 19.1. The minimum atomic E-state index is -0.262. The first kappa shape index (κ1) is 17.6.